The smallest absolute Gasteiger partial charge is 0.146 e. The number of furan rings is 2. The van der Waals surface area contributed by atoms with Gasteiger partial charge in [-0.25, -0.2) is 0 Å². The van der Waals surface area contributed by atoms with Gasteiger partial charge in [-0.1, -0.05) is 115 Å². The second-order valence-electron chi connectivity index (χ2n) is 10.9. The molecule has 0 radical (unpaired) electrons. The maximum atomic E-state index is 6.36. The highest BCUT2D eigenvalue weighted by Crippen LogP contribution is 2.45. The Balaban J connectivity index is 1.35. The highest BCUT2D eigenvalue weighted by molar-refractivity contribution is 6.23. The molecule has 2 aromatic heterocycles. The van der Waals surface area contributed by atoms with Crippen molar-refractivity contribution in [1.29, 1.82) is 0 Å². The molecule has 196 valence electrons. The van der Waals surface area contributed by atoms with Gasteiger partial charge in [0.25, 0.3) is 0 Å². The summed E-state index contributed by atoms with van der Waals surface area (Å²) in [6.45, 7) is 0. The molecule has 0 fully saturated rings. The van der Waals surface area contributed by atoms with Crippen molar-refractivity contribution in [3.8, 4) is 33.4 Å². The lowest BCUT2D eigenvalue weighted by Crippen LogP contribution is -1.90. The zero-order valence-electron chi connectivity index (χ0n) is 22.7. The summed E-state index contributed by atoms with van der Waals surface area (Å²) >= 11 is 0. The molecule has 9 aromatic rings. The van der Waals surface area contributed by atoms with E-state index >= 15 is 0 Å². The van der Waals surface area contributed by atoms with E-state index in [0.29, 0.717) is 0 Å². The van der Waals surface area contributed by atoms with Gasteiger partial charge in [0, 0.05) is 16.3 Å². The Morgan fingerprint density at radius 2 is 0.929 bits per heavy atom. The molecular formula is C40H24O2. The first kappa shape index (κ1) is 23.1. The van der Waals surface area contributed by atoms with Gasteiger partial charge >= 0.3 is 0 Å². The van der Waals surface area contributed by atoms with Crippen LogP contribution in [0, 0.1) is 0 Å². The van der Waals surface area contributed by atoms with E-state index in [1.165, 1.54) is 38.2 Å². The van der Waals surface area contributed by atoms with E-state index in [9.17, 15) is 0 Å². The molecule has 7 aromatic carbocycles. The van der Waals surface area contributed by atoms with Gasteiger partial charge in [0.05, 0.1) is 11.6 Å². The minimum atomic E-state index is 0.831. The highest BCUT2D eigenvalue weighted by atomic mass is 16.3. The SMILES string of the molecule is c1ccc(-c2c3ccccc3c(-c3ccc4oc5ccc6c(-c7ccccc7)coc6c5c4c3)c3ccccc23)cc1. The van der Waals surface area contributed by atoms with E-state index in [4.69, 9.17) is 8.83 Å². The lowest BCUT2D eigenvalue weighted by molar-refractivity contribution is 0.619. The quantitative estimate of drug-likeness (QED) is 0.210. The molecule has 2 nitrogen and oxygen atoms in total. The molecule has 0 unspecified atom stereocenters. The first-order chi connectivity index (χ1) is 20.8. The van der Waals surface area contributed by atoms with Gasteiger partial charge < -0.3 is 8.83 Å². The summed E-state index contributed by atoms with van der Waals surface area (Å²) in [5.41, 5.74) is 9.65. The van der Waals surface area contributed by atoms with Gasteiger partial charge in [0.1, 0.15) is 16.7 Å². The first-order valence-corrected chi connectivity index (χ1v) is 14.3. The lowest BCUT2D eigenvalue weighted by Gasteiger charge is -2.17. The Hall–Kier alpha value is -5.60. The molecule has 0 aliphatic heterocycles. The van der Waals surface area contributed by atoms with Crippen molar-refractivity contribution in [2.45, 2.75) is 0 Å². The summed E-state index contributed by atoms with van der Waals surface area (Å²) in [7, 11) is 0. The van der Waals surface area contributed by atoms with Crippen LogP contribution in [0.1, 0.15) is 0 Å². The predicted octanol–water partition coefficient (Wildman–Crippen LogP) is 11.6. The maximum Gasteiger partial charge on any atom is 0.146 e. The van der Waals surface area contributed by atoms with Crippen LogP contribution in [0.5, 0.6) is 0 Å². The molecule has 0 atom stereocenters. The molecule has 0 amide bonds. The Morgan fingerprint density at radius 3 is 1.57 bits per heavy atom. The predicted molar refractivity (Wildman–Crippen MR) is 175 cm³/mol. The third-order valence-electron chi connectivity index (χ3n) is 8.54. The van der Waals surface area contributed by atoms with Crippen molar-refractivity contribution in [3.63, 3.8) is 0 Å². The van der Waals surface area contributed by atoms with Crippen LogP contribution in [0.15, 0.2) is 155 Å². The van der Waals surface area contributed by atoms with Gasteiger partial charge in [-0.3, -0.25) is 0 Å². The van der Waals surface area contributed by atoms with Crippen LogP contribution in [0.2, 0.25) is 0 Å². The average molecular weight is 537 g/mol. The topological polar surface area (TPSA) is 26.3 Å². The van der Waals surface area contributed by atoms with Crippen LogP contribution in [0.3, 0.4) is 0 Å². The number of hydrogen-bond donors (Lipinski definition) is 0. The Labute approximate surface area is 242 Å². The summed E-state index contributed by atoms with van der Waals surface area (Å²) in [6.07, 6.45) is 1.87. The largest absolute Gasteiger partial charge is 0.463 e. The molecule has 0 spiro atoms. The molecular weight excluding hydrogens is 512 g/mol. The van der Waals surface area contributed by atoms with Gasteiger partial charge in [-0.05, 0) is 73.6 Å². The van der Waals surface area contributed by atoms with Crippen molar-refractivity contribution in [2.75, 3.05) is 0 Å². The van der Waals surface area contributed by atoms with E-state index in [1.54, 1.807) is 0 Å². The molecule has 0 saturated heterocycles. The van der Waals surface area contributed by atoms with Crippen LogP contribution in [-0.4, -0.2) is 0 Å². The summed E-state index contributed by atoms with van der Waals surface area (Å²) < 4.78 is 12.6. The fourth-order valence-electron chi connectivity index (χ4n) is 6.71. The van der Waals surface area contributed by atoms with Gasteiger partial charge in [0.2, 0.25) is 0 Å². The fraction of sp³-hybridized carbons (Fsp3) is 0. The minimum Gasteiger partial charge on any atom is -0.463 e. The van der Waals surface area contributed by atoms with Crippen molar-refractivity contribution < 1.29 is 8.83 Å². The second-order valence-corrected chi connectivity index (χ2v) is 10.9. The molecule has 0 bridgehead atoms. The third-order valence-corrected chi connectivity index (χ3v) is 8.54. The van der Waals surface area contributed by atoms with Crippen molar-refractivity contribution >= 4 is 54.5 Å². The summed E-state index contributed by atoms with van der Waals surface area (Å²) in [5.74, 6) is 0. The molecule has 42 heavy (non-hydrogen) atoms. The van der Waals surface area contributed by atoms with Crippen molar-refractivity contribution in [1.82, 2.24) is 0 Å². The summed E-state index contributed by atoms with van der Waals surface area (Å²) in [6, 6.07) is 49.4. The molecule has 0 aliphatic rings. The fourth-order valence-corrected chi connectivity index (χ4v) is 6.71. The molecule has 2 heteroatoms. The average Bonchev–Trinajstić information content (AvgIpc) is 3.65. The lowest BCUT2D eigenvalue weighted by atomic mass is 9.86. The van der Waals surface area contributed by atoms with E-state index < -0.39 is 0 Å². The Kier molecular flexibility index (Phi) is 4.93. The summed E-state index contributed by atoms with van der Waals surface area (Å²) in [4.78, 5) is 0. The molecule has 2 heterocycles. The number of rotatable bonds is 3. The van der Waals surface area contributed by atoms with Crippen LogP contribution in [0.25, 0.3) is 87.8 Å². The van der Waals surface area contributed by atoms with E-state index in [-0.39, 0.29) is 0 Å². The van der Waals surface area contributed by atoms with Crippen LogP contribution in [-0.2, 0) is 0 Å². The van der Waals surface area contributed by atoms with Crippen molar-refractivity contribution in [2.24, 2.45) is 0 Å². The zero-order valence-corrected chi connectivity index (χ0v) is 22.7. The Morgan fingerprint density at radius 1 is 0.381 bits per heavy atom. The number of benzene rings is 7. The molecule has 0 aliphatic carbocycles. The second kappa shape index (κ2) is 8.95. The van der Waals surface area contributed by atoms with Crippen LogP contribution in [0.4, 0.5) is 0 Å². The van der Waals surface area contributed by atoms with E-state index in [2.05, 4.69) is 133 Å². The monoisotopic (exact) mass is 536 g/mol. The van der Waals surface area contributed by atoms with Gasteiger partial charge in [-0.15, -0.1) is 0 Å². The van der Waals surface area contributed by atoms with Gasteiger partial charge in [-0.2, -0.15) is 0 Å². The van der Waals surface area contributed by atoms with Gasteiger partial charge in [0.15, 0.2) is 0 Å². The zero-order chi connectivity index (χ0) is 27.6. The summed E-state index contributed by atoms with van der Waals surface area (Å²) in [5, 5.41) is 8.12. The first-order valence-electron chi connectivity index (χ1n) is 14.3. The standard InChI is InChI=1S/C40H24O2/c1-3-11-25(12-4-1)34-24-41-40-32(34)20-22-36-39(40)33-23-27(19-21-35(33)42-36)38-30-17-9-7-15-28(30)37(26-13-5-2-6-14-26)29-16-8-10-18-31(29)38/h1-24H. The van der Waals surface area contributed by atoms with E-state index in [0.717, 1.165) is 49.6 Å². The normalized spacial score (nSPS) is 11.8. The third kappa shape index (κ3) is 3.33. The van der Waals surface area contributed by atoms with E-state index in [1.807, 2.05) is 12.3 Å². The highest BCUT2D eigenvalue weighted by Gasteiger charge is 2.20. The number of fused-ring (bicyclic) bond motifs is 7. The maximum absolute atomic E-state index is 6.36. The van der Waals surface area contributed by atoms with Crippen LogP contribution < -0.4 is 0 Å². The van der Waals surface area contributed by atoms with Crippen molar-refractivity contribution in [3.05, 3.63) is 146 Å². The number of hydrogen-bond acceptors (Lipinski definition) is 2. The Bertz CT molecular complexity index is 2390. The molecule has 9 rings (SSSR count). The van der Waals surface area contributed by atoms with Crippen LogP contribution >= 0.6 is 0 Å². The minimum absolute atomic E-state index is 0.831. The molecule has 0 saturated carbocycles. The molecule has 0 N–H and O–H groups in total.